The highest BCUT2D eigenvalue weighted by Gasteiger charge is 2.22. The lowest BCUT2D eigenvalue weighted by atomic mass is 10.2. The fourth-order valence-electron chi connectivity index (χ4n) is 3.29. The molecule has 0 atom stereocenters. The molecule has 1 aromatic carbocycles. The van der Waals surface area contributed by atoms with Crippen LogP contribution in [-0.4, -0.2) is 65.0 Å². The number of amides is 2. The van der Waals surface area contributed by atoms with E-state index in [1.54, 1.807) is 18.6 Å². The molecule has 0 aliphatic carbocycles. The van der Waals surface area contributed by atoms with Crippen molar-refractivity contribution in [1.82, 2.24) is 19.9 Å². The summed E-state index contributed by atoms with van der Waals surface area (Å²) in [5.74, 6) is 0.504. The third-order valence-corrected chi connectivity index (χ3v) is 5.75. The molecule has 1 fully saturated rings. The first-order valence-corrected chi connectivity index (χ1v) is 10.7. The van der Waals surface area contributed by atoms with E-state index in [1.165, 1.54) is 23.7 Å². The standard InChI is InChI=1S/C21H22N6O3S/c1-30-17-5-3-16(4-6-17)26-9-11-27(12-10-26)18(28)13-15-14-31-21(24-15)25-20(29)19-22-7-2-8-23-19/h2-8,14H,9-13H2,1H3,(H,24,25,29). The Hall–Kier alpha value is -3.53. The number of anilines is 2. The van der Waals surface area contributed by atoms with E-state index >= 15 is 0 Å². The van der Waals surface area contributed by atoms with Gasteiger partial charge < -0.3 is 14.5 Å². The summed E-state index contributed by atoms with van der Waals surface area (Å²) in [6.07, 6.45) is 3.21. The van der Waals surface area contributed by atoms with Gasteiger partial charge in [0.15, 0.2) is 5.13 Å². The number of nitrogens with one attached hydrogen (secondary N) is 1. The van der Waals surface area contributed by atoms with Gasteiger partial charge in [-0.05, 0) is 30.3 Å². The average Bonchev–Trinajstić information content (AvgIpc) is 3.26. The summed E-state index contributed by atoms with van der Waals surface area (Å²) in [4.78, 5) is 41.1. The normalized spacial score (nSPS) is 13.7. The number of hydrogen-bond donors (Lipinski definition) is 1. The second-order valence-electron chi connectivity index (χ2n) is 6.91. The minimum atomic E-state index is -0.428. The van der Waals surface area contributed by atoms with Gasteiger partial charge in [-0.1, -0.05) is 0 Å². The molecule has 0 bridgehead atoms. The zero-order valence-electron chi connectivity index (χ0n) is 17.0. The summed E-state index contributed by atoms with van der Waals surface area (Å²) in [5.41, 5.74) is 1.76. The van der Waals surface area contributed by atoms with Crippen LogP contribution in [0.1, 0.15) is 16.3 Å². The molecule has 3 heterocycles. The van der Waals surface area contributed by atoms with Crippen molar-refractivity contribution in [2.75, 3.05) is 43.5 Å². The Labute approximate surface area is 183 Å². The SMILES string of the molecule is COc1ccc(N2CCN(C(=O)Cc3csc(NC(=O)c4ncccn4)n3)CC2)cc1. The van der Waals surface area contributed by atoms with E-state index in [-0.39, 0.29) is 18.2 Å². The van der Waals surface area contributed by atoms with Crippen molar-refractivity contribution in [2.45, 2.75) is 6.42 Å². The molecule has 1 saturated heterocycles. The molecular weight excluding hydrogens is 416 g/mol. The van der Waals surface area contributed by atoms with Gasteiger partial charge in [0.2, 0.25) is 11.7 Å². The third-order valence-electron chi connectivity index (χ3n) is 4.94. The Morgan fingerprint density at radius 2 is 1.81 bits per heavy atom. The highest BCUT2D eigenvalue weighted by molar-refractivity contribution is 7.14. The van der Waals surface area contributed by atoms with Crippen LogP contribution in [0.2, 0.25) is 0 Å². The van der Waals surface area contributed by atoms with Gasteiger partial charge in [-0.15, -0.1) is 11.3 Å². The van der Waals surface area contributed by atoms with E-state index in [4.69, 9.17) is 4.74 Å². The number of carbonyl (C=O) groups is 2. The number of rotatable bonds is 6. The number of benzene rings is 1. The second kappa shape index (κ2) is 9.52. The number of aromatic nitrogens is 3. The monoisotopic (exact) mass is 438 g/mol. The van der Waals surface area contributed by atoms with Crippen molar-refractivity contribution < 1.29 is 14.3 Å². The van der Waals surface area contributed by atoms with Crippen molar-refractivity contribution in [1.29, 1.82) is 0 Å². The fraction of sp³-hybridized carbons (Fsp3) is 0.286. The minimum absolute atomic E-state index is 0.0314. The molecule has 4 rings (SSSR count). The summed E-state index contributed by atoms with van der Waals surface area (Å²) in [6, 6.07) is 9.58. The Balaban J connectivity index is 1.28. The predicted molar refractivity (Wildman–Crippen MR) is 118 cm³/mol. The van der Waals surface area contributed by atoms with E-state index in [1.807, 2.05) is 29.2 Å². The van der Waals surface area contributed by atoms with E-state index < -0.39 is 5.91 Å². The van der Waals surface area contributed by atoms with Crippen LogP contribution in [0.15, 0.2) is 48.1 Å². The van der Waals surface area contributed by atoms with Crippen molar-refractivity contribution in [3.8, 4) is 5.75 Å². The summed E-state index contributed by atoms with van der Waals surface area (Å²) in [5, 5.41) is 4.87. The molecule has 2 amide bonds. The third kappa shape index (κ3) is 5.15. The highest BCUT2D eigenvalue weighted by atomic mass is 32.1. The lowest BCUT2D eigenvalue weighted by Crippen LogP contribution is -2.49. The molecule has 1 aliphatic heterocycles. The van der Waals surface area contributed by atoms with Crippen LogP contribution in [0.5, 0.6) is 5.75 Å². The lowest BCUT2D eigenvalue weighted by molar-refractivity contribution is -0.130. The summed E-state index contributed by atoms with van der Waals surface area (Å²) in [7, 11) is 1.65. The van der Waals surface area contributed by atoms with Gasteiger partial charge in [0.1, 0.15) is 5.75 Å². The Morgan fingerprint density at radius 1 is 1.10 bits per heavy atom. The van der Waals surface area contributed by atoms with Crippen LogP contribution < -0.4 is 15.0 Å². The van der Waals surface area contributed by atoms with Crippen LogP contribution in [0.3, 0.4) is 0 Å². The number of thiazole rings is 1. The summed E-state index contributed by atoms with van der Waals surface area (Å²) in [6.45, 7) is 2.86. The molecule has 0 spiro atoms. The molecule has 0 radical (unpaired) electrons. The molecule has 10 heteroatoms. The molecule has 9 nitrogen and oxygen atoms in total. The summed E-state index contributed by atoms with van der Waals surface area (Å²) >= 11 is 1.27. The molecule has 1 N–H and O–H groups in total. The van der Waals surface area contributed by atoms with Crippen LogP contribution >= 0.6 is 11.3 Å². The molecule has 0 saturated carbocycles. The van der Waals surface area contributed by atoms with Crippen LogP contribution in [-0.2, 0) is 11.2 Å². The topological polar surface area (TPSA) is 101 Å². The van der Waals surface area contributed by atoms with Gasteiger partial charge in [0, 0.05) is 49.6 Å². The maximum Gasteiger partial charge on any atom is 0.295 e. The van der Waals surface area contributed by atoms with Gasteiger partial charge in [0.05, 0.1) is 19.2 Å². The maximum absolute atomic E-state index is 12.7. The van der Waals surface area contributed by atoms with Gasteiger partial charge in [-0.3, -0.25) is 14.9 Å². The molecule has 0 unspecified atom stereocenters. The molecule has 3 aromatic rings. The van der Waals surface area contributed by atoms with Gasteiger partial charge in [0.25, 0.3) is 5.91 Å². The Kier molecular flexibility index (Phi) is 6.37. The Morgan fingerprint density at radius 3 is 2.48 bits per heavy atom. The number of hydrogen-bond acceptors (Lipinski definition) is 8. The number of carbonyl (C=O) groups excluding carboxylic acids is 2. The van der Waals surface area contributed by atoms with Crippen LogP contribution in [0.25, 0.3) is 0 Å². The molecule has 31 heavy (non-hydrogen) atoms. The largest absolute Gasteiger partial charge is 0.497 e. The Bertz CT molecular complexity index is 1030. The smallest absolute Gasteiger partial charge is 0.295 e. The number of piperazine rings is 1. The van der Waals surface area contributed by atoms with E-state index in [0.29, 0.717) is 23.9 Å². The quantitative estimate of drug-likeness (QED) is 0.629. The van der Waals surface area contributed by atoms with E-state index in [0.717, 1.165) is 24.5 Å². The average molecular weight is 439 g/mol. The second-order valence-corrected chi connectivity index (χ2v) is 7.77. The maximum atomic E-state index is 12.7. The fourth-order valence-corrected chi connectivity index (χ4v) is 3.99. The number of nitrogens with zero attached hydrogens (tertiary/aromatic N) is 5. The number of methoxy groups -OCH3 is 1. The van der Waals surface area contributed by atoms with Crippen LogP contribution in [0.4, 0.5) is 10.8 Å². The first-order chi connectivity index (χ1) is 15.1. The van der Waals surface area contributed by atoms with E-state index in [9.17, 15) is 9.59 Å². The van der Waals surface area contributed by atoms with Gasteiger partial charge in [-0.25, -0.2) is 15.0 Å². The minimum Gasteiger partial charge on any atom is -0.497 e. The zero-order valence-corrected chi connectivity index (χ0v) is 17.8. The molecule has 160 valence electrons. The predicted octanol–water partition coefficient (Wildman–Crippen LogP) is 2.09. The van der Waals surface area contributed by atoms with Gasteiger partial charge >= 0.3 is 0 Å². The van der Waals surface area contributed by atoms with Crippen LogP contribution in [0, 0.1) is 0 Å². The molecule has 1 aliphatic rings. The molecular formula is C21H22N6O3S. The van der Waals surface area contributed by atoms with Crippen molar-refractivity contribution in [3.05, 3.63) is 59.6 Å². The lowest BCUT2D eigenvalue weighted by Gasteiger charge is -2.36. The highest BCUT2D eigenvalue weighted by Crippen LogP contribution is 2.21. The van der Waals surface area contributed by atoms with Gasteiger partial charge in [-0.2, -0.15) is 0 Å². The van der Waals surface area contributed by atoms with Crippen molar-refractivity contribution in [2.24, 2.45) is 0 Å². The molecule has 2 aromatic heterocycles. The number of ether oxygens (including phenoxy) is 1. The van der Waals surface area contributed by atoms with Crippen molar-refractivity contribution >= 4 is 34.0 Å². The van der Waals surface area contributed by atoms with E-state index in [2.05, 4.69) is 25.2 Å². The first kappa shape index (κ1) is 20.7. The first-order valence-electron chi connectivity index (χ1n) is 9.82. The zero-order chi connectivity index (χ0) is 21.6. The van der Waals surface area contributed by atoms with Crippen molar-refractivity contribution in [3.63, 3.8) is 0 Å². The summed E-state index contributed by atoms with van der Waals surface area (Å²) < 4.78 is 5.20.